The Morgan fingerprint density at radius 1 is 1.04 bits per heavy atom. The van der Waals surface area contributed by atoms with Crippen LogP contribution in [0, 0.1) is 13.8 Å². The van der Waals surface area contributed by atoms with Crippen LogP contribution in [0.2, 0.25) is 0 Å². The summed E-state index contributed by atoms with van der Waals surface area (Å²) in [6, 6.07) is 8.65. The van der Waals surface area contributed by atoms with Crippen molar-refractivity contribution in [2.24, 2.45) is 7.05 Å². The van der Waals surface area contributed by atoms with Gasteiger partial charge in [0.05, 0.1) is 0 Å². The van der Waals surface area contributed by atoms with Gasteiger partial charge in [-0.1, -0.05) is 0 Å². The Labute approximate surface area is 146 Å². The van der Waals surface area contributed by atoms with Crippen molar-refractivity contribution in [3.05, 3.63) is 54.5 Å². The van der Waals surface area contributed by atoms with Crippen molar-refractivity contribution in [3.63, 3.8) is 0 Å². The van der Waals surface area contributed by atoms with Crippen LogP contribution in [0.15, 0.2) is 42.9 Å². The zero-order chi connectivity index (χ0) is 17.4. The summed E-state index contributed by atoms with van der Waals surface area (Å²) < 4.78 is 6.32. The Hall–Kier alpha value is -2.89. The number of rotatable bonds is 5. The van der Waals surface area contributed by atoms with Gasteiger partial charge in [-0.2, -0.15) is 5.10 Å². The predicted octanol–water partition coefficient (Wildman–Crippen LogP) is 3.34. The summed E-state index contributed by atoms with van der Waals surface area (Å²) in [5, 5.41) is 5.66. The average molecular weight is 334 g/mol. The number of aromatic nitrogens is 6. The topological polar surface area (TPSA) is 53.5 Å². The first-order valence-electron chi connectivity index (χ1n) is 8.56. The summed E-state index contributed by atoms with van der Waals surface area (Å²) in [6.45, 7) is 5.69. The average Bonchev–Trinajstić information content (AvgIpc) is 3.28. The lowest BCUT2D eigenvalue weighted by atomic mass is 10.1. The van der Waals surface area contributed by atoms with Gasteiger partial charge in [-0.25, -0.2) is 9.97 Å². The van der Waals surface area contributed by atoms with E-state index in [0.717, 1.165) is 42.5 Å². The molecule has 4 rings (SSSR count). The number of nitrogens with zero attached hydrogens (tertiary/aromatic N) is 6. The third-order valence-corrected chi connectivity index (χ3v) is 4.59. The van der Waals surface area contributed by atoms with Gasteiger partial charge in [0.15, 0.2) is 0 Å². The monoisotopic (exact) mass is 334 g/mol. The van der Waals surface area contributed by atoms with Crippen molar-refractivity contribution in [2.45, 2.75) is 33.4 Å². The highest BCUT2D eigenvalue weighted by Gasteiger charge is 2.09. The first kappa shape index (κ1) is 15.6. The number of benzene rings is 1. The molecule has 25 heavy (non-hydrogen) atoms. The molecule has 0 fully saturated rings. The fourth-order valence-electron chi connectivity index (χ4n) is 3.33. The largest absolute Gasteiger partial charge is 0.351 e. The molecule has 3 aromatic heterocycles. The van der Waals surface area contributed by atoms with Crippen LogP contribution in [0.25, 0.3) is 22.3 Å². The zero-order valence-electron chi connectivity index (χ0n) is 14.8. The minimum Gasteiger partial charge on any atom is -0.351 e. The highest BCUT2D eigenvalue weighted by molar-refractivity contribution is 5.84. The van der Waals surface area contributed by atoms with E-state index in [1.165, 1.54) is 10.9 Å². The van der Waals surface area contributed by atoms with Crippen LogP contribution >= 0.6 is 0 Å². The van der Waals surface area contributed by atoms with E-state index >= 15 is 0 Å². The van der Waals surface area contributed by atoms with Gasteiger partial charge in [-0.15, -0.1) is 0 Å². The lowest BCUT2D eigenvalue weighted by Crippen LogP contribution is -2.07. The van der Waals surface area contributed by atoms with Gasteiger partial charge < -0.3 is 9.13 Å². The summed E-state index contributed by atoms with van der Waals surface area (Å²) in [5.74, 6) is 2.81. The number of aryl methyl sites for hydroxylation is 5. The van der Waals surface area contributed by atoms with Crippen LogP contribution < -0.4 is 0 Å². The van der Waals surface area contributed by atoms with Crippen LogP contribution in [-0.2, 0) is 20.1 Å². The Balaban J connectivity index is 1.52. The molecule has 3 heterocycles. The zero-order valence-corrected chi connectivity index (χ0v) is 14.8. The van der Waals surface area contributed by atoms with Crippen molar-refractivity contribution >= 4 is 10.9 Å². The Morgan fingerprint density at radius 3 is 2.72 bits per heavy atom. The maximum absolute atomic E-state index is 4.57. The smallest absolute Gasteiger partial charge is 0.147 e. The summed E-state index contributed by atoms with van der Waals surface area (Å²) in [6.07, 6.45) is 6.99. The van der Waals surface area contributed by atoms with Crippen molar-refractivity contribution in [2.75, 3.05) is 0 Å². The molecule has 0 aliphatic heterocycles. The van der Waals surface area contributed by atoms with Crippen LogP contribution in [0.5, 0.6) is 0 Å². The molecule has 0 amide bonds. The van der Waals surface area contributed by atoms with Gasteiger partial charge >= 0.3 is 0 Å². The molecular weight excluding hydrogens is 312 g/mol. The lowest BCUT2D eigenvalue weighted by molar-refractivity contribution is 0.516. The lowest BCUT2D eigenvalue weighted by Gasteiger charge is -2.09. The SMILES string of the molecule is Cc1nc(C)n(CCCn2ccnc2-c2ccc3c(ccn3C)c2)n1. The molecule has 4 aromatic rings. The Morgan fingerprint density at radius 2 is 1.92 bits per heavy atom. The number of hydrogen-bond donors (Lipinski definition) is 0. The van der Waals surface area contributed by atoms with Gasteiger partial charge in [0.1, 0.15) is 17.5 Å². The molecule has 0 aliphatic rings. The Bertz CT molecular complexity index is 1020. The van der Waals surface area contributed by atoms with E-state index in [2.05, 4.69) is 61.7 Å². The molecule has 0 atom stereocenters. The highest BCUT2D eigenvalue weighted by Crippen LogP contribution is 2.24. The van der Waals surface area contributed by atoms with Gasteiger partial charge in [0.2, 0.25) is 0 Å². The molecule has 0 unspecified atom stereocenters. The molecule has 0 spiro atoms. The maximum atomic E-state index is 4.57. The summed E-state index contributed by atoms with van der Waals surface area (Å²) in [7, 11) is 2.07. The van der Waals surface area contributed by atoms with Crippen LogP contribution in [0.1, 0.15) is 18.1 Å². The summed E-state index contributed by atoms with van der Waals surface area (Å²) >= 11 is 0. The van der Waals surface area contributed by atoms with Crippen molar-refractivity contribution in [3.8, 4) is 11.4 Å². The fourth-order valence-corrected chi connectivity index (χ4v) is 3.33. The fraction of sp³-hybridized carbons (Fsp3) is 0.316. The highest BCUT2D eigenvalue weighted by atomic mass is 15.3. The molecular formula is C19H22N6. The minimum atomic E-state index is 0.831. The van der Waals surface area contributed by atoms with Crippen LogP contribution in [0.3, 0.4) is 0 Å². The third kappa shape index (κ3) is 2.95. The van der Waals surface area contributed by atoms with Crippen molar-refractivity contribution < 1.29 is 0 Å². The van der Waals surface area contributed by atoms with E-state index in [1.807, 2.05) is 30.9 Å². The minimum absolute atomic E-state index is 0.831. The van der Waals surface area contributed by atoms with Crippen LogP contribution in [-0.4, -0.2) is 28.9 Å². The van der Waals surface area contributed by atoms with E-state index in [-0.39, 0.29) is 0 Å². The van der Waals surface area contributed by atoms with Gasteiger partial charge in [0, 0.05) is 55.2 Å². The number of hydrogen-bond acceptors (Lipinski definition) is 3. The molecule has 6 nitrogen and oxygen atoms in total. The molecule has 0 radical (unpaired) electrons. The molecule has 0 bridgehead atoms. The normalized spacial score (nSPS) is 11.5. The summed E-state index contributed by atoms with van der Waals surface area (Å²) in [5.41, 5.74) is 2.38. The first-order valence-corrected chi connectivity index (χ1v) is 8.56. The predicted molar refractivity (Wildman–Crippen MR) is 98.3 cm³/mol. The molecule has 6 heteroatoms. The second-order valence-corrected chi connectivity index (χ2v) is 6.43. The van der Waals surface area contributed by atoms with Gasteiger partial charge in [0.25, 0.3) is 0 Å². The van der Waals surface area contributed by atoms with Crippen LogP contribution in [0.4, 0.5) is 0 Å². The van der Waals surface area contributed by atoms with E-state index in [0.29, 0.717) is 0 Å². The first-order chi connectivity index (χ1) is 12.1. The molecule has 0 saturated carbocycles. The van der Waals surface area contributed by atoms with Crippen molar-refractivity contribution in [1.82, 2.24) is 28.9 Å². The molecule has 128 valence electrons. The molecule has 0 aliphatic carbocycles. The van der Waals surface area contributed by atoms with Crippen molar-refractivity contribution in [1.29, 1.82) is 0 Å². The van der Waals surface area contributed by atoms with E-state index in [1.54, 1.807) is 0 Å². The molecule has 1 aromatic carbocycles. The number of fused-ring (bicyclic) bond motifs is 1. The van der Waals surface area contributed by atoms with E-state index in [9.17, 15) is 0 Å². The summed E-state index contributed by atoms with van der Waals surface area (Å²) in [4.78, 5) is 8.92. The second-order valence-electron chi connectivity index (χ2n) is 6.43. The Kier molecular flexibility index (Phi) is 3.87. The molecule has 0 saturated heterocycles. The van der Waals surface area contributed by atoms with Gasteiger partial charge in [-0.05, 0) is 44.5 Å². The second kappa shape index (κ2) is 6.20. The molecule has 0 N–H and O–H groups in total. The van der Waals surface area contributed by atoms with Gasteiger partial charge in [-0.3, -0.25) is 4.68 Å². The van der Waals surface area contributed by atoms with E-state index < -0.39 is 0 Å². The quantitative estimate of drug-likeness (QED) is 0.562. The standard InChI is InChI=1S/C19H22N6/c1-14-21-15(2)25(22-14)10-4-9-24-12-8-20-19(24)17-5-6-18-16(13-17)7-11-23(18)3/h5-8,11-13H,4,9-10H2,1-3H3. The van der Waals surface area contributed by atoms with E-state index in [4.69, 9.17) is 0 Å². The third-order valence-electron chi connectivity index (χ3n) is 4.59. The number of imidazole rings is 1. The maximum Gasteiger partial charge on any atom is 0.147 e.